The number of carbonyl (C=O) groups excluding carboxylic acids is 1. The largest absolute Gasteiger partial charge is 0.311 e. The molecule has 98 valence electrons. The monoisotopic (exact) mass is 319 g/mol. The van der Waals surface area contributed by atoms with E-state index in [0.29, 0.717) is 6.42 Å². The van der Waals surface area contributed by atoms with E-state index < -0.39 is 0 Å². The van der Waals surface area contributed by atoms with E-state index in [9.17, 15) is 4.79 Å². The lowest BCUT2D eigenvalue weighted by Gasteiger charge is -2.16. The molecule has 1 unspecified atom stereocenters. The molecule has 1 aromatic heterocycles. The molecule has 5 heteroatoms. The normalized spacial score (nSPS) is 19.2. The highest BCUT2D eigenvalue weighted by molar-refractivity contribution is 9.09. The number of hydrogen-bond acceptors (Lipinski definition) is 2. The molecular formula is C14H14BrN3O. The van der Waals surface area contributed by atoms with Gasteiger partial charge >= 0.3 is 0 Å². The van der Waals surface area contributed by atoms with Crippen LogP contribution in [-0.2, 0) is 4.79 Å². The van der Waals surface area contributed by atoms with Crippen LogP contribution in [0.15, 0.2) is 36.7 Å². The maximum Gasteiger partial charge on any atom is 0.228 e. The summed E-state index contributed by atoms with van der Waals surface area (Å²) in [7, 11) is 0. The highest BCUT2D eigenvalue weighted by atomic mass is 79.9. The Hall–Kier alpha value is -1.62. The van der Waals surface area contributed by atoms with Gasteiger partial charge in [0.15, 0.2) is 0 Å². The van der Waals surface area contributed by atoms with Crippen molar-refractivity contribution in [1.82, 2.24) is 9.55 Å². The van der Waals surface area contributed by atoms with Gasteiger partial charge in [-0.05, 0) is 31.2 Å². The number of anilines is 1. The number of amides is 1. The average Bonchev–Trinajstić information content (AvgIpc) is 2.96. The summed E-state index contributed by atoms with van der Waals surface area (Å²) >= 11 is 3.50. The van der Waals surface area contributed by atoms with E-state index >= 15 is 0 Å². The van der Waals surface area contributed by atoms with E-state index in [1.165, 1.54) is 0 Å². The van der Waals surface area contributed by atoms with Gasteiger partial charge in [0.1, 0.15) is 5.82 Å². The first kappa shape index (κ1) is 12.4. The van der Waals surface area contributed by atoms with Gasteiger partial charge in [-0.25, -0.2) is 4.98 Å². The zero-order chi connectivity index (χ0) is 13.4. The van der Waals surface area contributed by atoms with Gasteiger partial charge < -0.3 is 9.47 Å². The summed E-state index contributed by atoms with van der Waals surface area (Å²) in [4.78, 5) is 18.1. The van der Waals surface area contributed by atoms with Crippen molar-refractivity contribution in [2.75, 3.05) is 11.4 Å². The molecule has 3 rings (SSSR count). The summed E-state index contributed by atoms with van der Waals surface area (Å²) in [5.41, 5.74) is 2.01. The van der Waals surface area contributed by atoms with Crippen LogP contribution in [0, 0.1) is 6.92 Å². The first-order chi connectivity index (χ1) is 9.15. The number of carbonyl (C=O) groups is 1. The van der Waals surface area contributed by atoms with E-state index in [1.807, 2.05) is 46.9 Å². The van der Waals surface area contributed by atoms with Gasteiger partial charge in [-0.1, -0.05) is 15.9 Å². The predicted molar refractivity (Wildman–Crippen MR) is 78.0 cm³/mol. The van der Waals surface area contributed by atoms with Crippen molar-refractivity contribution in [1.29, 1.82) is 0 Å². The molecule has 1 aromatic carbocycles. The quantitative estimate of drug-likeness (QED) is 0.798. The van der Waals surface area contributed by atoms with Gasteiger partial charge in [0.25, 0.3) is 0 Å². The Morgan fingerprint density at radius 1 is 1.26 bits per heavy atom. The minimum absolute atomic E-state index is 0.174. The van der Waals surface area contributed by atoms with Crippen LogP contribution < -0.4 is 4.90 Å². The van der Waals surface area contributed by atoms with E-state index in [1.54, 1.807) is 6.20 Å². The molecular weight excluding hydrogens is 306 g/mol. The average molecular weight is 320 g/mol. The molecule has 1 atom stereocenters. The lowest BCUT2D eigenvalue weighted by Crippen LogP contribution is -2.24. The van der Waals surface area contributed by atoms with Crippen LogP contribution in [0.25, 0.3) is 5.69 Å². The molecule has 1 amide bonds. The van der Waals surface area contributed by atoms with Crippen LogP contribution in [0.2, 0.25) is 0 Å². The Kier molecular flexibility index (Phi) is 3.14. The minimum atomic E-state index is 0.174. The van der Waals surface area contributed by atoms with Crippen molar-refractivity contribution in [2.24, 2.45) is 0 Å². The van der Waals surface area contributed by atoms with Crippen molar-refractivity contribution in [2.45, 2.75) is 18.2 Å². The van der Waals surface area contributed by atoms with Gasteiger partial charge in [0.2, 0.25) is 5.91 Å². The van der Waals surface area contributed by atoms with Crippen LogP contribution in [-0.4, -0.2) is 26.8 Å². The highest BCUT2D eigenvalue weighted by Gasteiger charge is 2.28. The molecule has 0 spiro atoms. The van der Waals surface area contributed by atoms with Crippen LogP contribution in [0.3, 0.4) is 0 Å². The third-order valence-corrected chi connectivity index (χ3v) is 3.96. The van der Waals surface area contributed by atoms with Gasteiger partial charge in [0, 0.05) is 41.6 Å². The number of imidazole rings is 1. The first-order valence-corrected chi connectivity index (χ1v) is 7.11. The fraction of sp³-hybridized carbons (Fsp3) is 0.286. The van der Waals surface area contributed by atoms with Crippen LogP contribution in [0.5, 0.6) is 0 Å². The van der Waals surface area contributed by atoms with Gasteiger partial charge in [0.05, 0.1) is 0 Å². The summed E-state index contributed by atoms with van der Waals surface area (Å²) in [5, 5.41) is 0. The highest BCUT2D eigenvalue weighted by Crippen LogP contribution is 2.26. The van der Waals surface area contributed by atoms with E-state index in [0.717, 1.165) is 23.7 Å². The van der Waals surface area contributed by atoms with Gasteiger partial charge in [-0.2, -0.15) is 0 Å². The second-order valence-electron chi connectivity index (χ2n) is 4.67. The number of benzene rings is 1. The molecule has 1 saturated heterocycles. The van der Waals surface area contributed by atoms with Crippen molar-refractivity contribution in [3.63, 3.8) is 0 Å². The number of halogens is 1. The Morgan fingerprint density at radius 3 is 2.47 bits per heavy atom. The van der Waals surface area contributed by atoms with Crippen LogP contribution in [0.4, 0.5) is 5.69 Å². The van der Waals surface area contributed by atoms with Crippen LogP contribution in [0.1, 0.15) is 12.2 Å². The zero-order valence-electron chi connectivity index (χ0n) is 10.6. The molecule has 4 nitrogen and oxygen atoms in total. The molecule has 0 bridgehead atoms. The summed E-state index contributed by atoms with van der Waals surface area (Å²) in [6.45, 7) is 2.70. The number of aryl methyl sites for hydroxylation is 1. The Labute approximate surface area is 120 Å². The van der Waals surface area contributed by atoms with E-state index in [-0.39, 0.29) is 10.7 Å². The SMILES string of the molecule is Cc1nccn1-c1ccc(N2CC(Br)CC2=O)cc1. The summed E-state index contributed by atoms with van der Waals surface area (Å²) < 4.78 is 2.02. The Bertz CT molecular complexity index is 605. The summed E-state index contributed by atoms with van der Waals surface area (Å²) in [5.74, 6) is 1.12. The van der Waals surface area contributed by atoms with E-state index in [2.05, 4.69) is 20.9 Å². The fourth-order valence-corrected chi connectivity index (χ4v) is 2.92. The Morgan fingerprint density at radius 2 is 1.95 bits per heavy atom. The minimum Gasteiger partial charge on any atom is -0.311 e. The second-order valence-corrected chi connectivity index (χ2v) is 5.96. The number of nitrogens with zero attached hydrogens (tertiary/aromatic N) is 3. The lowest BCUT2D eigenvalue weighted by atomic mass is 10.2. The Balaban J connectivity index is 1.87. The first-order valence-electron chi connectivity index (χ1n) is 6.20. The molecule has 0 saturated carbocycles. The molecule has 1 aliphatic rings. The van der Waals surface area contributed by atoms with Gasteiger partial charge in [-0.3, -0.25) is 4.79 Å². The maximum atomic E-state index is 11.8. The van der Waals surface area contributed by atoms with E-state index in [4.69, 9.17) is 0 Å². The standard InChI is InChI=1S/C14H14BrN3O/c1-10-16-6-7-17(10)12-2-4-13(5-3-12)18-9-11(15)8-14(18)19/h2-7,11H,8-9H2,1H3. The molecule has 0 radical (unpaired) electrons. The molecule has 0 aliphatic carbocycles. The second kappa shape index (κ2) is 4.81. The number of rotatable bonds is 2. The molecule has 2 aromatic rings. The van der Waals surface area contributed by atoms with Crippen molar-refractivity contribution in [3.05, 3.63) is 42.5 Å². The molecule has 19 heavy (non-hydrogen) atoms. The molecule has 1 aliphatic heterocycles. The number of hydrogen-bond donors (Lipinski definition) is 0. The predicted octanol–water partition coefficient (Wildman–Crippen LogP) is 2.68. The van der Waals surface area contributed by atoms with Crippen LogP contribution >= 0.6 is 15.9 Å². The van der Waals surface area contributed by atoms with Crippen molar-refractivity contribution >= 4 is 27.5 Å². The zero-order valence-corrected chi connectivity index (χ0v) is 12.2. The number of alkyl halides is 1. The smallest absolute Gasteiger partial charge is 0.228 e. The fourth-order valence-electron chi connectivity index (χ4n) is 2.36. The lowest BCUT2D eigenvalue weighted by molar-refractivity contribution is -0.117. The summed E-state index contributed by atoms with van der Waals surface area (Å²) in [6, 6.07) is 7.99. The maximum absolute atomic E-state index is 11.8. The molecule has 2 heterocycles. The summed E-state index contributed by atoms with van der Waals surface area (Å²) in [6.07, 6.45) is 4.28. The third-order valence-electron chi connectivity index (χ3n) is 3.34. The van der Waals surface area contributed by atoms with Crippen molar-refractivity contribution in [3.8, 4) is 5.69 Å². The third kappa shape index (κ3) is 2.30. The number of aromatic nitrogens is 2. The molecule has 1 fully saturated rings. The van der Waals surface area contributed by atoms with Gasteiger partial charge in [-0.15, -0.1) is 0 Å². The molecule has 0 N–H and O–H groups in total. The van der Waals surface area contributed by atoms with Crippen molar-refractivity contribution < 1.29 is 4.79 Å². The topological polar surface area (TPSA) is 38.1 Å².